The summed E-state index contributed by atoms with van der Waals surface area (Å²) in [6.07, 6.45) is -0.0474. The number of benzene rings is 2. The van der Waals surface area contributed by atoms with Gasteiger partial charge in [0.1, 0.15) is 22.8 Å². The van der Waals surface area contributed by atoms with Crippen LogP contribution in [0.2, 0.25) is 0 Å². The van der Waals surface area contributed by atoms with Gasteiger partial charge in [0.15, 0.2) is 5.43 Å². The monoisotopic (exact) mass is 367 g/mol. The van der Waals surface area contributed by atoms with Crippen LogP contribution in [0.3, 0.4) is 0 Å². The van der Waals surface area contributed by atoms with E-state index in [0.29, 0.717) is 29.5 Å². The van der Waals surface area contributed by atoms with Gasteiger partial charge in [-0.25, -0.2) is 0 Å². The van der Waals surface area contributed by atoms with Gasteiger partial charge in [-0.2, -0.15) is 0 Å². The molecule has 0 aliphatic carbocycles. The van der Waals surface area contributed by atoms with Crippen LogP contribution in [-0.2, 0) is 0 Å². The Bertz CT molecular complexity index is 1060. The van der Waals surface area contributed by atoms with Crippen LogP contribution in [0.5, 0.6) is 11.5 Å². The molecule has 1 aliphatic rings. The lowest BCUT2D eigenvalue weighted by atomic mass is 9.85. The van der Waals surface area contributed by atoms with Gasteiger partial charge in [0.05, 0.1) is 17.1 Å². The summed E-state index contributed by atoms with van der Waals surface area (Å²) < 4.78 is 6.01. The molecule has 2 heterocycles. The predicted octanol–water partition coefficient (Wildman–Crippen LogP) is 2.65. The fourth-order valence-corrected chi connectivity index (χ4v) is 3.83. The molecule has 0 amide bonds. The highest BCUT2D eigenvalue weighted by Gasteiger charge is 2.32. The summed E-state index contributed by atoms with van der Waals surface area (Å²) in [5.74, 6) is -0.123. The van der Waals surface area contributed by atoms with Gasteiger partial charge in [-0.1, -0.05) is 12.1 Å². The van der Waals surface area contributed by atoms with Crippen molar-refractivity contribution in [3.63, 3.8) is 0 Å². The number of nitrogens with zero attached hydrogens (tertiary/aromatic N) is 1. The first-order chi connectivity index (χ1) is 13.0. The van der Waals surface area contributed by atoms with Crippen molar-refractivity contribution in [1.82, 2.24) is 4.90 Å². The number of hydrogen-bond donors (Lipinski definition) is 3. The number of phenolic OH excluding ortho intramolecular Hbond substituents is 2. The minimum Gasteiger partial charge on any atom is -0.508 e. The minimum absolute atomic E-state index is 0.000953. The number of fused-ring (bicyclic) bond motifs is 1. The highest BCUT2D eigenvalue weighted by Crippen LogP contribution is 2.40. The Hall–Kier alpha value is -2.83. The minimum atomic E-state index is -0.681. The van der Waals surface area contributed by atoms with Gasteiger partial charge in [0.2, 0.25) is 0 Å². The molecule has 1 fully saturated rings. The van der Waals surface area contributed by atoms with Crippen molar-refractivity contribution in [1.29, 1.82) is 0 Å². The summed E-state index contributed by atoms with van der Waals surface area (Å²) in [7, 11) is 1.93. The van der Waals surface area contributed by atoms with Crippen molar-refractivity contribution in [3.8, 4) is 22.8 Å². The molecule has 2 atom stereocenters. The van der Waals surface area contributed by atoms with Crippen LogP contribution in [0, 0.1) is 0 Å². The molecule has 1 aromatic heterocycles. The maximum absolute atomic E-state index is 12.7. The molecule has 27 heavy (non-hydrogen) atoms. The summed E-state index contributed by atoms with van der Waals surface area (Å²) in [6.45, 7) is 1.24. The second-order valence-electron chi connectivity index (χ2n) is 7.09. The van der Waals surface area contributed by atoms with Gasteiger partial charge in [-0.05, 0) is 44.3 Å². The number of aromatic hydroxyl groups is 2. The van der Waals surface area contributed by atoms with Crippen molar-refractivity contribution >= 4 is 11.0 Å². The number of piperidine rings is 1. The van der Waals surface area contributed by atoms with E-state index in [0.717, 1.165) is 6.54 Å². The lowest BCUT2D eigenvalue weighted by molar-refractivity contribution is 0.0631. The largest absolute Gasteiger partial charge is 0.508 e. The molecule has 6 heteroatoms. The summed E-state index contributed by atoms with van der Waals surface area (Å²) in [5, 5.41) is 31.5. The van der Waals surface area contributed by atoms with Crippen LogP contribution in [-0.4, -0.2) is 46.5 Å². The van der Waals surface area contributed by atoms with E-state index in [2.05, 4.69) is 0 Å². The Balaban J connectivity index is 1.95. The van der Waals surface area contributed by atoms with Crippen LogP contribution >= 0.6 is 0 Å². The topological polar surface area (TPSA) is 94.1 Å². The average molecular weight is 367 g/mol. The SMILES string of the molecule is CN1CCC(c2c(O)ccc3c(=O)cc(-c4ccccc4O)oc23)C(O)C1. The number of aliphatic hydroxyl groups is 1. The molecule has 6 nitrogen and oxygen atoms in total. The Morgan fingerprint density at radius 2 is 1.89 bits per heavy atom. The number of phenols is 2. The van der Waals surface area contributed by atoms with Crippen molar-refractivity contribution in [2.45, 2.75) is 18.4 Å². The number of para-hydroxylation sites is 1. The first-order valence-corrected chi connectivity index (χ1v) is 8.90. The van der Waals surface area contributed by atoms with E-state index < -0.39 is 6.10 Å². The van der Waals surface area contributed by atoms with Crippen molar-refractivity contribution in [2.75, 3.05) is 20.1 Å². The molecule has 2 aromatic carbocycles. The molecule has 3 N–H and O–H groups in total. The fourth-order valence-electron chi connectivity index (χ4n) is 3.83. The lowest BCUT2D eigenvalue weighted by Gasteiger charge is -2.34. The van der Waals surface area contributed by atoms with E-state index in [1.54, 1.807) is 18.2 Å². The number of likely N-dealkylation sites (tertiary alicyclic amines) is 1. The summed E-state index contributed by atoms with van der Waals surface area (Å²) in [6, 6.07) is 10.9. The lowest BCUT2D eigenvalue weighted by Crippen LogP contribution is -2.40. The fraction of sp³-hybridized carbons (Fsp3) is 0.286. The number of rotatable bonds is 2. The molecule has 2 unspecified atom stereocenters. The quantitative estimate of drug-likeness (QED) is 0.645. The molecular formula is C21H21NO5. The molecule has 3 aromatic rings. The van der Waals surface area contributed by atoms with Crippen LogP contribution < -0.4 is 5.43 Å². The summed E-state index contributed by atoms with van der Waals surface area (Å²) in [4.78, 5) is 14.7. The van der Waals surface area contributed by atoms with Gasteiger partial charge in [0.25, 0.3) is 0 Å². The van der Waals surface area contributed by atoms with Gasteiger partial charge in [-0.15, -0.1) is 0 Å². The average Bonchev–Trinajstić information content (AvgIpc) is 2.63. The molecule has 1 saturated heterocycles. The first-order valence-electron chi connectivity index (χ1n) is 8.90. The Labute approximate surface area is 155 Å². The molecular weight excluding hydrogens is 346 g/mol. The first kappa shape index (κ1) is 17.6. The van der Waals surface area contributed by atoms with Gasteiger partial charge < -0.3 is 24.6 Å². The third kappa shape index (κ3) is 3.07. The van der Waals surface area contributed by atoms with E-state index in [4.69, 9.17) is 4.42 Å². The van der Waals surface area contributed by atoms with E-state index in [9.17, 15) is 20.1 Å². The Morgan fingerprint density at radius 3 is 2.63 bits per heavy atom. The highest BCUT2D eigenvalue weighted by molar-refractivity contribution is 5.84. The molecule has 140 valence electrons. The second kappa shape index (κ2) is 6.72. The van der Waals surface area contributed by atoms with E-state index in [-0.39, 0.29) is 34.2 Å². The third-order valence-electron chi connectivity index (χ3n) is 5.24. The highest BCUT2D eigenvalue weighted by atomic mass is 16.3. The summed E-state index contributed by atoms with van der Waals surface area (Å²) >= 11 is 0. The predicted molar refractivity (Wildman–Crippen MR) is 102 cm³/mol. The zero-order valence-corrected chi connectivity index (χ0v) is 14.9. The van der Waals surface area contributed by atoms with E-state index >= 15 is 0 Å². The Kier molecular flexibility index (Phi) is 4.37. The number of likely N-dealkylation sites (N-methyl/N-ethyl adjacent to an activating group) is 1. The molecule has 4 rings (SSSR count). The maximum Gasteiger partial charge on any atom is 0.193 e. The van der Waals surface area contributed by atoms with Crippen LogP contribution in [0.25, 0.3) is 22.3 Å². The van der Waals surface area contributed by atoms with Crippen molar-refractivity contribution in [2.24, 2.45) is 0 Å². The van der Waals surface area contributed by atoms with Crippen molar-refractivity contribution < 1.29 is 19.7 Å². The van der Waals surface area contributed by atoms with E-state index in [1.165, 1.54) is 24.3 Å². The maximum atomic E-state index is 12.7. The van der Waals surface area contributed by atoms with Gasteiger partial charge in [0, 0.05) is 24.1 Å². The molecule has 0 saturated carbocycles. The zero-order chi connectivity index (χ0) is 19.1. The molecule has 1 aliphatic heterocycles. The van der Waals surface area contributed by atoms with Crippen LogP contribution in [0.15, 0.2) is 51.7 Å². The number of β-amino-alcohol motifs (C(OH)–C–C–N with tert-alkyl or cyclic N) is 1. The number of hydrogen-bond acceptors (Lipinski definition) is 6. The molecule has 0 bridgehead atoms. The van der Waals surface area contributed by atoms with Crippen LogP contribution in [0.4, 0.5) is 0 Å². The molecule has 0 radical (unpaired) electrons. The van der Waals surface area contributed by atoms with Gasteiger partial charge in [-0.3, -0.25) is 4.79 Å². The van der Waals surface area contributed by atoms with E-state index in [1.807, 2.05) is 11.9 Å². The Morgan fingerprint density at radius 1 is 1.11 bits per heavy atom. The smallest absolute Gasteiger partial charge is 0.193 e. The van der Waals surface area contributed by atoms with Crippen LogP contribution in [0.1, 0.15) is 17.9 Å². The zero-order valence-electron chi connectivity index (χ0n) is 14.9. The normalized spacial score (nSPS) is 20.8. The third-order valence-corrected chi connectivity index (χ3v) is 5.24. The standard InChI is InChI=1S/C21H21NO5/c1-22-9-8-13(18(26)11-22)20-16(24)7-6-14-17(25)10-19(27-21(14)20)12-4-2-3-5-15(12)23/h2-7,10,13,18,23-24,26H,8-9,11H2,1H3. The van der Waals surface area contributed by atoms with Crippen molar-refractivity contribution in [3.05, 3.63) is 58.3 Å². The van der Waals surface area contributed by atoms with Gasteiger partial charge >= 0.3 is 0 Å². The second-order valence-corrected chi connectivity index (χ2v) is 7.09. The summed E-state index contributed by atoms with van der Waals surface area (Å²) in [5.41, 5.74) is 0.838. The number of aliphatic hydroxyl groups excluding tert-OH is 1. The molecule has 0 spiro atoms.